The number of nitrogens with zero attached hydrogens (tertiary/aromatic N) is 3. The number of nitrogens with one attached hydrogen (secondary N) is 1. The first kappa shape index (κ1) is 20.2. The lowest BCUT2D eigenvalue weighted by molar-refractivity contribution is -0.114. The lowest BCUT2D eigenvalue weighted by Crippen LogP contribution is -2.46. The van der Waals surface area contributed by atoms with Crippen molar-refractivity contribution in [2.45, 2.75) is 18.7 Å². The molecule has 1 amide bonds. The SMILES string of the molecule is CC(=O)Nc1c(C)noc1C=Cc1ccc(S(=O)(=O)N2CCN(C)CC2)cc1. The minimum atomic E-state index is -3.48. The molecule has 1 N–H and O–H groups in total. The topological polar surface area (TPSA) is 95.8 Å². The van der Waals surface area contributed by atoms with E-state index in [9.17, 15) is 13.2 Å². The molecule has 8 nitrogen and oxygen atoms in total. The van der Waals surface area contributed by atoms with E-state index in [2.05, 4.69) is 15.4 Å². The number of aryl methyl sites for hydroxylation is 1. The minimum absolute atomic E-state index is 0.209. The third kappa shape index (κ3) is 4.49. The maximum Gasteiger partial charge on any atom is 0.243 e. The van der Waals surface area contributed by atoms with Crippen LogP contribution in [0.25, 0.3) is 12.2 Å². The second-order valence-electron chi connectivity index (χ2n) is 6.80. The number of carbonyl (C=O) groups excluding carboxylic acids is 1. The molecule has 0 bridgehead atoms. The quantitative estimate of drug-likeness (QED) is 0.819. The van der Waals surface area contributed by atoms with Crippen LogP contribution in [0.2, 0.25) is 0 Å². The van der Waals surface area contributed by atoms with Gasteiger partial charge in [-0.1, -0.05) is 23.4 Å². The number of hydrogen-bond acceptors (Lipinski definition) is 6. The van der Waals surface area contributed by atoms with Crippen LogP contribution < -0.4 is 5.32 Å². The number of sulfonamides is 1. The van der Waals surface area contributed by atoms with Gasteiger partial charge >= 0.3 is 0 Å². The predicted octanol–water partition coefficient (Wildman–Crippen LogP) is 2.05. The first-order valence-corrected chi connectivity index (χ1v) is 10.4. The Labute approximate surface area is 164 Å². The van der Waals surface area contributed by atoms with Gasteiger partial charge in [0.1, 0.15) is 11.4 Å². The van der Waals surface area contributed by atoms with Crippen LogP contribution in [0.4, 0.5) is 5.69 Å². The number of amides is 1. The fraction of sp³-hybridized carbons (Fsp3) is 0.368. The number of aromatic nitrogens is 1. The average Bonchev–Trinajstić information content (AvgIpc) is 3.00. The Kier molecular flexibility index (Phi) is 5.97. The number of benzene rings is 1. The second-order valence-corrected chi connectivity index (χ2v) is 8.74. The van der Waals surface area contributed by atoms with Crippen LogP contribution in [0.5, 0.6) is 0 Å². The van der Waals surface area contributed by atoms with E-state index >= 15 is 0 Å². The Hall–Kier alpha value is -2.49. The van der Waals surface area contributed by atoms with E-state index in [1.165, 1.54) is 11.2 Å². The van der Waals surface area contributed by atoms with Crippen LogP contribution in [0.15, 0.2) is 33.7 Å². The number of likely N-dealkylation sites (N-methyl/N-ethyl adjacent to an activating group) is 1. The summed E-state index contributed by atoms with van der Waals surface area (Å²) in [5.74, 6) is 0.223. The molecule has 1 aromatic heterocycles. The Morgan fingerprint density at radius 3 is 2.39 bits per heavy atom. The first-order chi connectivity index (χ1) is 13.3. The molecule has 0 unspecified atom stereocenters. The van der Waals surface area contributed by atoms with Gasteiger partial charge in [-0.05, 0) is 37.7 Å². The molecule has 1 aliphatic rings. The van der Waals surface area contributed by atoms with Gasteiger partial charge in [0.25, 0.3) is 0 Å². The summed E-state index contributed by atoms with van der Waals surface area (Å²) in [6, 6.07) is 6.68. The molecule has 3 rings (SSSR count). The zero-order valence-electron chi connectivity index (χ0n) is 16.2. The third-order valence-corrected chi connectivity index (χ3v) is 6.51. The highest BCUT2D eigenvalue weighted by molar-refractivity contribution is 7.89. The van der Waals surface area contributed by atoms with Crippen LogP contribution in [0.1, 0.15) is 23.9 Å². The van der Waals surface area contributed by atoms with Crippen LogP contribution in [0.3, 0.4) is 0 Å². The summed E-state index contributed by atoms with van der Waals surface area (Å²) in [6.07, 6.45) is 3.47. The summed E-state index contributed by atoms with van der Waals surface area (Å²) in [6.45, 7) is 5.61. The van der Waals surface area contributed by atoms with E-state index in [-0.39, 0.29) is 10.8 Å². The number of carbonyl (C=O) groups is 1. The van der Waals surface area contributed by atoms with E-state index in [0.717, 1.165) is 18.7 Å². The highest BCUT2D eigenvalue weighted by Crippen LogP contribution is 2.23. The zero-order chi connectivity index (χ0) is 20.3. The van der Waals surface area contributed by atoms with Crippen molar-refractivity contribution in [1.29, 1.82) is 0 Å². The van der Waals surface area contributed by atoms with Gasteiger partial charge in [-0.2, -0.15) is 4.31 Å². The molecule has 1 aromatic carbocycles. The molecular weight excluding hydrogens is 380 g/mol. The number of piperazine rings is 1. The maximum absolute atomic E-state index is 12.8. The van der Waals surface area contributed by atoms with Gasteiger partial charge in [0, 0.05) is 33.1 Å². The molecule has 0 radical (unpaired) electrons. The normalized spacial score (nSPS) is 16.5. The molecule has 1 saturated heterocycles. The fourth-order valence-electron chi connectivity index (χ4n) is 2.93. The number of hydrogen-bond donors (Lipinski definition) is 1. The Balaban J connectivity index is 1.75. The summed E-state index contributed by atoms with van der Waals surface area (Å²) < 4.78 is 32.3. The molecule has 1 fully saturated rings. The summed E-state index contributed by atoms with van der Waals surface area (Å²) >= 11 is 0. The van der Waals surface area contributed by atoms with Gasteiger partial charge in [-0.15, -0.1) is 0 Å². The van der Waals surface area contributed by atoms with Crippen LogP contribution in [0, 0.1) is 6.92 Å². The highest BCUT2D eigenvalue weighted by Gasteiger charge is 2.27. The van der Waals surface area contributed by atoms with Gasteiger partial charge < -0.3 is 14.7 Å². The zero-order valence-corrected chi connectivity index (χ0v) is 17.0. The van der Waals surface area contributed by atoms with Crippen molar-refractivity contribution in [1.82, 2.24) is 14.4 Å². The minimum Gasteiger partial charge on any atom is -0.354 e. The summed E-state index contributed by atoms with van der Waals surface area (Å²) in [5.41, 5.74) is 1.92. The molecule has 0 spiro atoms. The molecule has 0 atom stereocenters. The largest absolute Gasteiger partial charge is 0.354 e. The smallest absolute Gasteiger partial charge is 0.243 e. The lowest BCUT2D eigenvalue weighted by atomic mass is 10.2. The fourth-order valence-corrected chi connectivity index (χ4v) is 4.35. The van der Waals surface area contributed by atoms with Gasteiger partial charge in [-0.25, -0.2) is 8.42 Å². The molecule has 0 aliphatic carbocycles. The van der Waals surface area contributed by atoms with Crippen molar-refractivity contribution in [3.05, 3.63) is 41.3 Å². The van der Waals surface area contributed by atoms with Crippen molar-refractivity contribution in [3.8, 4) is 0 Å². The van der Waals surface area contributed by atoms with Crippen molar-refractivity contribution < 1.29 is 17.7 Å². The van der Waals surface area contributed by atoms with E-state index in [0.29, 0.717) is 30.2 Å². The van der Waals surface area contributed by atoms with Gasteiger partial charge in [-0.3, -0.25) is 4.79 Å². The Morgan fingerprint density at radius 2 is 1.79 bits per heavy atom. The van der Waals surface area contributed by atoms with E-state index in [1.54, 1.807) is 43.3 Å². The first-order valence-electron chi connectivity index (χ1n) is 8.98. The highest BCUT2D eigenvalue weighted by atomic mass is 32.2. The van der Waals surface area contributed by atoms with Crippen molar-refractivity contribution in [2.75, 3.05) is 38.5 Å². The van der Waals surface area contributed by atoms with E-state index in [1.807, 2.05) is 7.05 Å². The molecular formula is C19H24N4O4S. The standard InChI is InChI=1S/C19H24N4O4S/c1-14-19(20-15(2)24)18(27-21-14)9-6-16-4-7-17(8-5-16)28(25,26)23-12-10-22(3)11-13-23/h4-9H,10-13H2,1-3H3,(H,20,24). The third-order valence-electron chi connectivity index (χ3n) is 4.60. The second kappa shape index (κ2) is 8.26. The van der Waals surface area contributed by atoms with Crippen LogP contribution in [-0.2, 0) is 14.8 Å². The lowest BCUT2D eigenvalue weighted by Gasteiger charge is -2.31. The molecule has 1 aliphatic heterocycles. The molecule has 2 aromatic rings. The summed E-state index contributed by atoms with van der Waals surface area (Å²) in [4.78, 5) is 13.7. The monoisotopic (exact) mass is 404 g/mol. The predicted molar refractivity (Wildman–Crippen MR) is 107 cm³/mol. The average molecular weight is 404 g/mol. The van der Waals surface area contributed by atoms with Gasteiger partial charge in [0.15, 0.2) is 5.76 Å². The van der Waals surface area contributed by atoms with Crippen LogP contribution in [-0.4, -0.2) is 61.9 Å². The van der Waals surface area contributed by atoms with Crippen molar-refractivity contribution in [3.63, 3.8) is 0 Å². The molecule has 150 valence electrons. The van der Waals surface area contributed by atoms with Crippen molar-refractivity contribution in [2.24, 2.45) is 0 Å². The Bertz CT molecular complexity index is 972. The molecule has 9 heteroatoms. The van der Waals surface area contributed by atoms with E-state index in [4.69, 9.17) is 4.52 Å². The van der Waals surface area contributed by atoms with Gasteiger partial charge in [0.2, 0.25) is 15.9 Å². The molecule has 0 saturated carbocycles. The van der Waals surface area contributed by atoms with Crippen molar-refractivity contribution >= 4 is 33.8 Å². The molecule has 2 heterocycles. The van der Waals surface area contributed by atoms with Gasteiger partial charge in [0.05, 0.1) is 4.90 Å². The maximum atomic E-state index is 12.8. The van der Waals surface area contributed by atoms with E-state index < -0.39 is 10.0 Å². The van der Waals surface area contributed by atoms with Crippen LogP contribution >= 0.6 is 0 Å². The summed E-state index contributed by atoms with van der Waals surface area (Å²) in [7, 11) is -1.50. The number of rotatable bonds is 5. The molecule has 28 heavy (non-hydrogen) atoms. The summed E-state index contributed by atoms with van der Waals surface area (Å²) in [5, 5.41) is 6.55. The number of anilines is 1. The Morgan fingerprint density at radius 1 is 1.14 bits per heavy atom.